The van der Waals surface area contributed by atoms with Crippen LogP contribution in [0.1, 0.15) is 73.1 Å². The average molecular weight is 370 g/mol. The Morgan fingerprint density at radius 3 is 2.50 bits per heavy atom. The number of aliphatic hydroxyl groups is 1. The normalized spacial score (nSPS) is 37.9. The number of likely N-dealkylation sites (tertiary alicyclic amines) is 1. The van der Waals surface area contributed by atoms with E-state index in [1.54, 1.807) is 0 Å². The molecule has 5 nitrogen and oxygen atoms in total. The van der Waals surface area contributed by atoms with Crippen molar-refractivity contribution in [1.29, 1.82) is 0 Å². The van der Waals surface area contributed by atoms with Gasteiger partial charge in [-0.1, -0.05) is 34.6 Å². The van der Waals surface area contributed by atoms with Gasteiger partial charge in [0.15, 0.2) is 6.29 Å². The molecule has 2 heterocycles. The van der Waals surface area contributed by atoms with Gasteiger partial charge in [-0.2, -0.15) is 0 Å². The summed E-state index contributed by atoms with van der Waals surface area (Å²) in [7, 11) is 0. The minimum Gasteiger partial charge on any atom is -0.391 e. The lowest BCUT2D eigenvalue weighted by molar-refractivity contribution is -0.248. The molecule has 5 unspecified atom stereocenters. The lowest BCUT2D eigenvalue weighted by atomic mass is 9.78. The van der Waals surface area contributed by atoms with E-state index in [0.29, 0.717) is 37.3 Å². The van der Waals surface area contributed by atoms with Gasteiger partial charge in [0.25, 0.3) is 0 Å². The van der Waals surface area contributed by atoms with Crippen LogP contribution in [0.15, 0.2) is 0 Å². The standard InChI is InChI=1S/C21H39NO4/c1-6-17-12-18(23)13-22(17)20(24)10-8-9-11-25-21-16(5)14(3)15(4)19(7-2)26-21/h14-19,21,23H,6-13H2,1-5H3/t14?,15?,16?,17-,18+,19?,21?/m1/s1. The monoisotopic (exact) mass is 369 g/mol. The van der Waals surface area contributed by atoms with E-state index in [0.717, 1.165) is 32.1 Å². The lowest BCUT2D eigenvalue weighted by Crippen LogP contribution is -2.45. The molecule has 1 amide bonds. The maximum Gasteiger partial charge on any atom is 0.222 e. The van der Waals surface area contributed by atoms with E-state index in [2.05, 4.69) is 34.6 Å². The predicted molar refractivity (Wildman–Crippen MR) is 103 cm³/mol. The molecule has 2 saturated heterocycles. The van der Waals surface area contributed by atoms with Crippen molar-refractivity contribution in [2.24, 2.45) is 17.8 Å². The van der Waals surface area contributed by atoms with Crippen molar-refractivity contribution < 1.29 is 19.4 Å². The fourth-order valence-electron chi connectivity index (χ4n) is 4.45. The number of hydrogen-bond acceptors (Lipinski definition) is 4. The van der Waals surface area contributed by atoms with Crippen LogP contribution < -0.4 is 0 Å². The van der Waals surface area contributed by atoms with Crippen LogP contribution in [0.5, 0.6) is 0 Å². The molecule has 0 bridgehead atoms. The minimum absolute atomic E-state index is 0.125. The average Bonchev–Trinajstić information content (AvgIpc) is 3.02. The zero-order valence-electron chi connectivity index (χ0n) is 17.3. The smallest absolute Gasteiger partial charge is 0.222 e. The second-order valence-electron chi connectivity index (χ2n) is 8.35. The van der Waals surface area contributed by atoms with Crippen LogP contribution in [0.4, 0.5) is 0 Å². The Morgan fingerprint density at radius 2 is 1.85 bits per heavy atom. The highest BCUT2D eigenvalue weighted by Gasteiger charge is 2.38. The van der Waals surface area contributed by atoms with E-state index in [4.69, 9.17) is 9.47 Å². The van der Waals surface area contributed by atoms with Crippen LogP contribution in [0.2, 0.25) is 0 Å². The Morgan fingerprint density at radius 1 is 1.12 bits per heavy atom. The molecule has 0 radical (unpaired) electrons. The topological polar surface area (TPSA) is 59.0 Å². The molecular weight excluding hydrogens is 330 g/mol. The fourth-order valence-corrected chi connectivity index (χ4v) is 4.45. The van der Waals surface area contributed by atoms with Crippen molar-refractivity contribution in [1.82, 2.24) is 4.90 Å². The van der Waals surface area contributed by atoms with Gasteiger partial charge in [-0.15, -0.1) is 0 Å². The van der Waals surface area contributed by atoms with Crippen molar-refractivity contribution in [2.45, 2.75) is 97.7 Å². The zero-order valence-corrected chi connectivity index (χ0v) is 17.3. The molecule has 2 aliphatic rings. The van der Waals surface area contributed by atoms with E-state index >= 15 is 0 Å². The van der Waals surface area contributed by atoms with Crippen LogP contribution in [0.25, 0.3) is 0 Å². The number of amides is 1. The first-order chi connectivity index (χ1) is 12.4. The summed E-state index contributed by atoms with van der Waals surface area (Å²) in [5.41, 5.74) is 0. The van der Waals surface area contributed by atoms with Gasteiger partial charge >= 0.3 is 0 Å². The second-order valence-corrected chi connectivity index (χ2v) is 8.35. The highest BCUT2D eigenvalue weighted by atomic mass is 16.7. The summed E-state index contributed by atoms with van der Waals surface area (Å²) in [5, 5.41) is 9.78. The Bertz CT molecular complexity index is 442. The Hall–Kier alpha value is -0.650. The number of hydrogen-bond donors (Lipinski definition) is 1. The van der Waals surface area contributed by atoms with Crippen LogP contribution in [0.3, 0.4) is 0 Å². The number of carbonyl (C=O) groups is 1. The summed E-state index contributed by atoms with van der Waals surface area (Å²) in [6.07, 6.45) is 4.69. The molecule has 2 aliphatic heterocycles. The number of rotatable bonds is 8. The molecular formula is C21H39NO4. The summed E-state index contributed by atoms with van der Waals surface area (Å²) in [6, 6.07) is 0.208. The molecule has 0 spiro atoms. The third kappa shape index (κ3) is 5.20. The van der Waals surface area contributed by atoms with Crippen LogP contribution in [-0.4, -0.2) is 53.6 Å². The highest BCUT2D eigenvalue weighted by molar-refractivity contribution is 5.76. The zero-order chi connectivity index (χ0) is 19.3. The van der Waals surface area contributed by atoms with Crippen LogP contribution in [0, 0.1) is 17.8 Å². The van der Waals surface area contributed by atoms with E-state index in [9.17, 15) is 9.90 Å². The molecule has 152 valence electrons. The highest BCUT2D eigenvalue weighted by Crippen LogP contribution is 2.36. The van der Waals surface area contributed by atoms with Crippen molar-refractivity contribution in [2.75, 3.05) is 13.2 Å². The minimum atomic E-state index is -0.354. The third-order valence-electron chi connectivity index (χ3n) is 6.64. The maximum atomic E-state index is 12.4. The summed E-state index contributed by atoms with van der Waals surface area (Å²) in [5.74, 6) is 1.72. The molecule has 0 aromatic carbocycles. The summed E-state index contributed by atoms with van der Waals surface area (Å²) >= 11 is 0. The summed E-state index contributed by atoms with van der Waals surface area (Å²) in [4.78, 5) is 14.3. The van der Waals surface area contributed by atoms with Crippen LogP contribution >= 0.6 is 0 Å². The van der Waals surface area contributed by atoms with E-state index in [-0.39, 0.29) is 30.4 Å². The van der Waals surface area contributed by atoms with Gasteiger partial charge in [-0.05, 0) is 43.9 Å². The fraction of sp³-hybridized carbons (Fsp3) is 0.952. The van der Waals surface area contributed by atoms with E-state index < -0.39 is 0 Å². The molecule has 0 saturated carbocycles. The number of nitrogens with zero attached hydrogens (tertiary/aromatic N) is 1. The van der Waals surface area contributed by atoms with Gasteiger partial charge in [-0.25, -0.2) is 0 Å². The largest absolute Gasteiger partial charge is 0.391 e. The van der Waals surface area contributed by atoms with Crippen molar-refractivity contribution in [3.05, 3.63) is 0 Å². The first-order valence-corrected chi connectivity index (χ1v) is 10.6. The maximum absolute atomic E-state index is 12.4. The van der Waals surface area contributed by atoms with Crippen molar-refractivity contribution in [3.63, 3.8) is 0 Å². The molecule has 7 atom stereocenters. The number of β-amino-alcohol motifs (C(OH)–C–C–N with tert-alkyl or cyclic N) is 1. The quantitative estimate of drug-likeness (QED) is 0.664. The molecule has 0 aromatic rings. The second kappa shape index (κ2) is 10.0. The SMILES string of the molecule is CCC1OC(OCCCCC(=O)N2C[C@@H](O)C[C@H]2CC)C(C)C(C)C1C. The number of aliphatic hydroxyl groups excluding tert-OH is 1. The molecule has 1 N–H and O–H groups in total. The Labute approximate surface area is 159 Å². The number of ether oxygens (including phenoxy) is 2. The van der Waals surface area contributed by atoms with Gasteiger partial charge < -0.3 is 19.5 Å². The van der Waals surface area contributed by atoms with Gasteiger partial charge in [0.1, 0.15) is 0 Å². The summed E-state index contributed by atoms with van der Waals surface area (Å²) in [6.45, 7) is 12.2. The lowest BCUT2D eigenvalue weighted by Gasteiger charge is -2.43. The predicted octanol–water partition coefficient (Wildman–Crippen LogP) is 3.59. The van der Waals surface area contributed by atoms with Gasteiger partial charge in [-0.3, -0.25) is 4.79 Å². The van der Waals surface area contributed by atoms with Crippen molar-refractivity contribution in [3.8, 4) is 0 Å². The molecule has 26 heavy (non-hydrogen) atoms. The van der Waals surface area contributed by atoms with Gasteiger partial charge in [0.2, 0.25) is 5.91 Å². The first kappa shape index (κ1) is 21.6. The van der Waals surface area contributed by atoms with Crippen molar-refractivity contribution >= 4 is 5.91 Å². The first-order valence-electron chi connectivity index (χ1n) is 10.6. The molecule has 5 heteroatoms. The van der Waals surface area contributed by atoms with Crippen LogP contribution in [-0.2, 0) is 14.3 Å². The molecule has 0 aromatic heterocycles. The summed E-state index contributed by atoms with van der Waals surface area (Å²) < 4.78 is 12.2. The Kier molecular flexibility index (Phi) is 8.37. The molecule has 0 aliphatic carbocycles. The number of unbranched alkanes of at least 4 members (excludes halogenated alkanes) is 1. The molecule has 2 fully saturated rings. The van der Waals surface area contributed by atoms with E-state index in [1.807, 2.05) is 4.90 Å². The van der Waals surface area contributed by atoms with Gasteiger partial charge in [0, 0.05) is 31.5 Å². The van der Waals surface area contributed by atoms with Gasteiger partial charge in [0.05, 0.1) is 12.2 Å². The molecule has 2 rings (SSSR count). The van der Waals surface area contributed by atoms with E-state index in [1.165, 1.54) is 0 Å². The third-order valence-corrected chi connectivity index (χ3v) is 6.64. The number of carbonyl (C=O) groups excluding carboxylic acids is 1. The Balaban J connectivity index is 1.68.